The molecule has 0 radical (unpaired) electrons. The molecule has 0 N–H and O–H groups in total. The van der Waals surface area contributed by atoms with Crippen LogP contribution in [0.2, 0.25) is 0 Å². The number of hydrogen-bond donors (Lipinski definition) is 0. The maximum atomic E-state index is 12.1. The summed E-state index contributed by atoms with van der Waals surface area (Å²) in [6.45, 7) is 12.3. The molecular weight excluding hydrogens is 324 g/mol. The van der Waals surface area contributed by atoms with E-state index in [4.69, 9.17) is 9.47 Å². The molecule has 0 aliphatic rings. The molecule has 0 bridgehead atoms. The Labute approximate surface area is 157 Å². The van der Waals surface area contributed by atoms with E-state index in [1.807, 2.05) is 39.0 Å². The predicted octanol–water partition coefficient (Wildman–Crippen LogP) is 5.59. The van der Waals surface area contributed by atoms with Gasteiger partial charge < -0.3 is 9.47 Å². The molecule has 1 unspecified atom stereocenters. The molecule has 0 fully saturated rings. The first-order valence-corrected chi connectivity index (χ1v) is 9.18. The lowest BCUT2D eigenvalue weighted by atomic mass is 9.77. The third-order valence-electron chi connectivity index (χ3n) is 5.24. The summed E-state index contributed by atoms with van der Waals surface area (Å²) in [5, 5.41) is 0. The zero-order chi connectivity index (χ0) is 19.5. The number of aryl methyl sites for hydroxylation is 2. The molecule has 0 heterocycles. The van der Waals surface area contributed by atoms with E-state index >= 15 is 0 Å². The number of carbonyl (C=O) groups is 1. The third-order valence-corrected chi connectivity index (χ3v) is 5.24. The summed E-state index contributed by atoms with van der Waals surface area (Å²) < 4.78 is 10.9. The largest absolute Gasteiger partial charge is 0.496 e. The minimum atomic E-state index is -0.173. The molecule has 3 heteroatoms. The molecule has 2 aromatic carbocycles. The van der Waals surface area contributed by atoms with Crippen LogP contribution < -0.4 is 9.47 Å². The van der Waals surface area contributed by atoms with E-state index in [1.165, 1.54) is 11.1 Å². The van der Waals surface area contributed by atoms with E-state index in [9.17, 15) is 4.79 Å². The van der Waals surface area contributed by atoms with Gasteiger partial charge in [-0.15, -0.1) is 0 Å². The van der Waals surface area contributed by atoms with Gasteiger partial charge in [-0.25, -0.2) is 0 Å². The van der Waals surface area contributed by atoms with Crippen LogP contribution in [0.3, 0.4) is 0 Å². The highest BCUT2D eigenvalue weighted by Gasteiger charge is 2.25. The van der Waals surface area contributed by atoms with Gasteiger partial charge in [0.25, 0.3) is 0 Å². The van der Waals surface area contributed by atoms with Crippen molar-refractivity contribution in [1.82, 2.24) is 0 Å². The van der Waals surface area contributed by atoms with Crippen LogP contribution in [0.1, 0.15) is 56.4 Å². The molecule has 0 aliphatic heterocycles. The molecule has 0 saturated carbocycles. The molecule has 0 amide bonds. The van der Waals surface area contributed by atoms with Crippen LogP contribution in [0, 0.1) is 19.8 Å². The Bertz CT molecular complexity index is 790. The summed E-state index contributed by atoms with van der Waals surface area (Å²) in [5.74, 6) is 1.27. The molecule has 3 nitrogen and oxygen atoms in total. The van der Waals surface area contributed by atoms with Crippen molar-refractivity contribution in [2.45, 2.75) is 53.4 Å². The molecule has 2 aromatic rings. The van der Waals surface area contributed by atoms with Gasteiger partial charge in [-0.3, -0.25) is 4.79 Å². The molecule has 2 rings (SSSR count). The predicted molar refractivity (Wildman–Crippen MR) is 106 cm³/mol. The second kappa shape index (κ2) is 7.94. The van der Waals surface area contributed by atoms with Gasteiger partial charge in [0.2, 0.25) is 0 Å². The Hall–Kier alpha value is -2.29. The van der Waals surface area contributed by atoms with Crippen molar-refractivity contribution in [1.29, 1.82) is 0 Å². The van der Waals surface area contributed by atoms with Gasteiger partial charge in [-0.05, 0) is 54.7 Å². The molecule has 0 aliphatic carbocycles. The number of ether oxygens (including phenoxy) is 2. The van der Waals surface area contributed by atoms with Crippen LogP contribution >= 0.6 is 0 Å². The van der Waals surface area contributed by atoms with Crippen molar-refractivity contribution in [3.8, 4) is 11.5 Å². The summed E-state index contributed by atoms with van der Waals surface area (Å²) in [5.41, 5.74) is 4.33. The SMILES string of the molecule is CCC(C)C(=O)Oc1ccc(C(C)(C)c2ccc(OC)c(C)c2)cc1C. The Morgan fingerprint density at radius 3 is 1.92 bits per heavy atom. The molecule has 1 atom stereocenters. The molecule has 0 saturated heterocycles. The number of hydrogen-bond acceptors (Lipinski definition) is 3. The fourth-order valence-electron chi connectivity index (χ4n) is 2.96. The van der Waals surface area contributed by atoms with Gasteiger partial charge in [0.1, 0.15) is 11.5 Å². The number of methoxy groups -OCH3 is 1. The normalized spacial score (nSPS) is 12.6. The van der Waals surface area contributed by atoms with Crippen molar-refractivity contribution in [3.63, 3.8) is 0 Å². The zero-order valence-electron chi connectivity index (χ0n) is 17.0. The van der Waals surface area contributed by atoms with Crippen LogP contribution in [0.15, 0.2) is 36.4 Å². The van der Waals surface area contributed by atoms with E-state index in [2.05, 4.69) is 39.0 Å². The number of esters is 1. The smallest absolute Gasteiger partial charge is 0.314 e. The van der Waals surface area contributed by atoms with Crippen molar-refractivity contribution in [2.24, 2.45) is 5.92 Å². The van der Waals surface area contributed by atoms with Gasteiger partial charge in [-0.1, -0.05) is 52.0 Å². The van der Waals surface area contributed by atoms with Crippen LogP contribution in [-0.2, 0) is 10.2 Å². The summed E-state index contributed by atoms with van der Waals surface area (Å²) in [4.78, 5) is 12.1. The number of carbonyl (C=O) groups excluding carboxylic acids is 1. The Morgan fingerprint density at radius 2 is 1.50 bits per heavy atom. The van der Waals surface area contributed by atoms with Crippen LogP contribution in [0.4, 0.5) is 0 Å². The molecule has 26 heavy (non-hydrogen) atoms. The first-order chi connectivity index (χ1) is 12.2. The van der Waals surface area contributed by atoms with Crippen molar-refractivity contribution in [3.05, 3.63) is 58.7 Å². The maximum absolute atomic E-state index is 12.1. The average molecular weight is 354 g/mol. The number of rotatable bonds is 6. The van der Waals surface area contributed by atoms with Crippen molar-refractivity contribution in [2.75, 3.05) is 7.11 Å². The molecule has 0 spiro atoms. The lowest BCUT2D eigenvalue weighted by Crippen LogP contribution is -2.20. The van der Waals surface area contributed by atoms with Crippen LogP contribution in [0.5, 0.6) is 11.5 Å². The van der Waals surface area contributed by atoms with Gasteiger partial charge in [-0.2, -0.15) is 0 Å². The van der Waals surface area contributed by atoms with E-state index in [1.54, 1.807) is 7.11 Å². The molecular formula is C23H30O3. The zero-order valence-corrected chi connectivity index (χ0v) is 17.0. The molecule has 0 aromatic heterocycles. The summed E-state index contributed by atoms with van der Waals surface area (Å²) in [6, 6.07) is 12.4. The van der Waals surface area contributed by atoms with Gasteiger partial charge in [0.15, 0.2) is 0 Å². The minimum Gasteiger partial charge on any atom is -0.496 e. The second-order valence-electron chi connectivity index (χ2n) is 7.52. The highest BCUT2D eigenvalue weighted by Crippen LogP contribution is 2.35. The van der Waals surface area contributed by atoms with Gasteiger partial charge in [0, 0.05) is 5.41 Å². The monoisotopic (exact) mass is 354 g/mol. The Morgan fingerprint density at radius 1 is 1.00 bits per heavy atom. The van der Waals surface area contributed by atoms with E-state index < -0.39 is 0 Å². The summed E-state index contributed by atoms with van der Waals surface area (Å²) in [7, 11) is 1.69. The fraction of sp³-hybridized carbons (Fsp3) is 0.435. The van der Waals surface area contributed by atoms with Gasteiger partial charge >= 0.3 is 5.97 Å². The maximum Gasteiger partial charge on any atom is 0.314 e. The van der Waals surface area contributed by atoms with E-state index in [-0.39, 0.29) is 17.3 Å². The first-order valence-electron chi connectivity index (χ1n) is 9.18. The Kier molecular flexibility index (Phi) is 6.12. The van der Waals surface area contributed by atoms with Crippen molar-refractivity contribution >= 4 is 5.97 Å². The highest BCUT2D eigenvalue weighted by molar-refractivity contribution is 5.75. The van der Waals surface area contributed by atoms with Crippen LogP contribution in [0.25, 0.3) is 0 Å². The Balaban J connectivity index is 2.32. The van der Waals surface area contributed by atoms with Gasteiger partial charge in [0.05, 0.1) is 13.0 Å². The van der Waals surface area contributed by atoms with E-state index in [0.29, 0.717) is 5.75 Å². The second-order valence-corrected chi connectivity index (χ2v) is 7.52. The summed E-state index contributed by atoms with van der Waals surface area (Å²) >= 11 is 0. The topological polar surface area (TPSA) is 35.5 Å². The van der Waals surface area contributed by atoms with E-state index in [0.717, 1.165) is 23.3 Å². The quantitative estimate of drug-likeness (QED) is 0.501. The highest BCUT2D eigenvalue weighted by atomic mass is 16.5. The first kappa shape index (κ1) is 20.0. The average Bonchev–Trinajstić information content (AvgIpc) is 2.62. The van der Waals surface area contributed by atoms with Crippen LogP contribution in [-0.4, -0.2) is 13.1 Å². The minimum absolute atomic E-state index is 0.0900. The molecule has 140 valence electrons. The lowest BCUT2D eigenvalue weighted by Gasteiger charge is -2.27. The standard InChI is InChI=1S/C23H30O3/c1-8-15(2)22(24)26-21-12-10-19(14-17(21)4)23(5,6)18-9-11-20(25-7)16(3)13-18/h9-15H,8H2,1-7H3. The summed E-state index contributed by atoms with van der Waals surface area (Å²) in [6.07, 6.45) is 0.778. The number of benzene rings is 2. The van der Waals surface area contributed by atoms with Crippen molar-refractivity contribution < 1.29 is 14.3 Å². The third kappa shape index (κ3) is 4.09. The fourth-order valence-corrected chi connectivity index (χ4v) is 2.96. The lowest BCUT2D eigenvalue weighted by molar-refractivity contribution is -0.138.